The molecule has 0 spiro atoms. The zero-order chi connectivity index (χ0) is 20.2. The predicted octanol–water partition coefficient (Wildman–Crippen LogP) is 3.22. The quantitative estimate of drug-likeness (QED) is 0.646. The molecule has 0 bridgehead atoms. The summed E-state index contributed by atoms with van der Waals surface area (Å²) in [5, 5.41) is 4.55. The Morgan fingerprint density at radius 1 is 1.03 bits per heavy atom. The first kappa shape index (κ1) is 19.5. The third kappa shape index (κ3) is 4.28. The zero-order valence-electron chi connectivity index (χ0n) is 16.3. The largest absolute Gasteiger partial charge is 0.497 e. The molecule has 29 heavy (non-hydrogen) atoms. The van der Waals surface area contributed by atoms with E-state index < -0.39 is 0 Å². The van der Waals surface area contributed by atoms with Crippen molar-refractivity contribution in [3.63, 3.8) is 0 Å². The molecule has 4 rings (SSSR count). The van der Waals surface area contributed by atoms with Gasteiger partial charge in [-0.05, 0) is 29.8 Å². The minimum atomic E-state index is -0.297. The molecule has 1 saturated heterocycles. The average molecular weight is 411 g/mol. The highest BCUT2D eigenvalue weighted by atomic mass is 35.5. The highest BCUT2D eigenvalue weighted by molar-refractivity contribution is 6.33. The molecular weight excluding hydrogens is 388 g/mol. The summed E-state index contributed by atoms with van der Waals surface area (Å²) in [6, 6.07) is 17.4. The molecule has 1 aromatic heterocycles. The van der Waals surface area contributed by atoms with Crippen LogP contribution in [-0.2, 0) is 6.54 Å². The Bertz CT molecular complexity index is 1030. The number of para-hydroxylation sites is 1. The summed E-state index contributed by atoms with van der Waals surface area (Å²) < 4.78 is 6.64. The molecule has 2 aromatic carbocycles. The first-order valence-electron chi connectivity index (χ1n) is 9.59. The Hall–Kier alpha value is -2.83. The minimum Gasteiger partial charge on any atom is -0.497 e. The topological polar surface area (TPSA) is 50.6 Å². The number of anilines is 1. The van der Waals surface area contributed by atoms with Gasteiger partial charge in [0, 0.05) is 32.7 Å². The van der Waals surface area contributed by atoms with E-state index in [-0.39, 0.29) is 10.6 Å². The van der Waals surface area contributed by atoms with Gasteiger partial charge in [-0.2, -0.15) is 9.78 Å². The van der Waals surface area contributed by atoms with Crippen LogP contribution in [0, 0.1) is 0 Å². The molecule has 3 aromatic rings. The van der Waals surface area contributed by atoms with Crippen LogP contribution >= 0.6 is 11.6 Å². The molecular formula is C22H23ClN4O2. The van der Waals surface area contributed by atoms with Crippen LogP contribution in [0.5, 0.6) is 5.75 Å². The van der Waals surface area contributed by atoms with E-state index in [9.17, 15) is 4.79 Å². The summed E-state index contributed by atoms with van der Waals surface area (Å²) in [6.07, 6.45) is 1.69. The van der Waals surface area contributed by atoms with Crippen LogP contribution in [0.4, 0.5) is 5.69 Å². The Kier molecular flexibility index (Phi) is 5.83. The van der Waals surface area contributed by atoms with E-state index >= 15 is 0 Å². The second-order valence-corrected chi connectivity index (χ2v) is 7.39. The number of halogens is 1. The van der Waals surface area contributed by atoms with Crippen LogP contribution in [0.1, 0.15) is 5.56 Å². The maximum absolute atomic E-state index is 12.7. The van der Waals surface area contributed by atoms with Crippen molar-refractivity contribution in [2.75, 3.05) is 38.2 Å². The van der Waals surface area contributed by atoms with Crippen LogP contribution in [0.2, 0.25) is 5.02 Å². The molecule has 1 fully saturated rings. The van der Waals surface area contributed by atoms with E-state index in [0.717, 1.165) is 38.5 Å². The van der Waals surface area contributed by atoms with Crippen molar-refractivity contribution in [2.24, 2.45) is 0 Å². The second-order valence-electron chi connectivity index (χ2n) is 7.01. The lowest BCUT2D eigenvalue weighted by Crippen LogP contribution is -2.46. The van der Waals surface area contributed by atoms with Crippen LogP contribution in [-0.4, -0.2) is 48.0 Å². The third-order valence-electron chi connectivity index (χ3n) is 5.15. The molecule has 0 amide bonds. The van der Waals surface area contributed by atoms with E-state index in [2.05, 4.69) is 27.0 Å². The molecule has 0 aliphatic carbocycles. The summed E-state index contributed by atoms with van der Waals surface area (Å²) in [5.74, 6) is 0.873. The average Bonchev–Trinajstić information content (AvgIpc) is 2.77. The molecule has 150 valence electrons. The number of piperazine rings is 1. The van der Waals surface area contributed by atoms with E-state index in [1.165, 1.54) is 10.2 Å². The molecule has 1 aliphatic heterocycles. The van der Waals surface area contributed by atoms with Gasteiger partial charge in [-0.3, -0.25) is 9.69 Å². The maximum atomic E-state index is 12.7. The van der Waals surface area contributed by atoms with Crippen molar-refractivity contribution >= 4 is 17.3 Å². The van der Waals surface area contributed by atoms with E-state index in [4.69, 9.17) is 16.3 Å². The van der Waals surface area contributed by atoms with Gasteiger partial charge in [0.25, 0.3) is 5.56 Å². The van der Waals surface area contributed by atoms with Crippen molar-refractivity contribution in [1.29, 1.82) is 0 Å². The second kappa shape index (κ2) is 8.68. The number of nitrogens with zero attached hydrogens (tertiary/aromatic N) is 4. The van der Waals surface area contributed by atoms with Gasteiger partial charge in [-0.1, -0.05) is 41.9 Å². The smallest absolute Gasteiger partial charge is 0.292 e. The summed E-state index contributed by atoms with van der Waals surface area (Å²) >= 11 is 6.44. The fraction of sp³-hybridized carbons (Fsp3) is 0.273. The van der Waals surface area contributed by atoms with Gasteiger partial charge in [-0.25, -0.2) is 0 Å². The van der Waals surface area contributed by atoms with Crippen LogP contribution in [0.15, 0.2) is 65.6 Å². The first-order chi connectivity index (χ1) is 14.2. The molecule has 0 atom stereocenters. The predicted molar refractivity (Wildman–Crippen MR) is 115 cm³/mol. The van der Waals surface area contributed by atoms with Crippen LogP contribution < -0.4 is 15.2 Å². The molecule has 7 heteroatoms. The van der Waals surface area contributed by atoms with Crippen molar-refractivity contribution in [3.05, 3.63) is 81.7 Å². The number of aromatic nitrogens is 2. The summed E-state index contributed by atoms with van der Waals surface area (Å²) in [5.41, 5.74) is 2.33. The van der Waals surface area contributed by atoms with Crippen molar-refractivity contribution in [3.8, 4) is 11.4 Å². The molecule has 0 N–H and O–H groups in total. The van der Waals surface area contributed by atoms with Gasteiger partial charge in [0.2, 0.25) is 0 Å². The zero-order valence-corrected chi connectivity index (χ0v) is 17.0. The SMILES string of the molecule is COc1cccc(CN2CCN(c3cnn(-c4ccccc4)c(=O)c3Cl)CC2)c1. The molecule has 0 radical (unpaired) electrons. The van der Waals surface area contributed by atoms with Crippen molar-refractivity contribution in [1.82, 2.24) is 14.7 Å². The van der Waals surface area contributed by atoms with Crippen LogP contribution in [0.3, 0.4) is 0 Å². The molecule has 1 aliphatic rings. The molecule has 6 nitrogen and oxygen atoms in total. The number of hydrogen-bond donors (Lipinski definition) is 0. The monoisotopic (exact) mass is 410 g/mol. The Morgan fingerprint density at radius 2 is 1.79 bits per heavy atom. The standard InChI is InChI=1S/C22H23ClN4O2/c1-29-19-9-5-6-17(14-19)16-25-10-12-26(13-11-25)20-15-24-27(22(28)21(20)23)18-7-3-2-4-8-18/h2-9,14-15H,10-13,16H2,1H3. The highest BCUT2D eigenvalue weighted by Gasteiger charge is 2.21. The van der Waals surface area contributed by atoms with Gasteiger partial charge >= 0.3 is 0 Å². The minimum absolute atomic E-state index is 0.213. The van der Waals surface area contributed by atoms with Crippen LogP contribution in [0.25, 0.3) is 5.69 Å². The summed E-state index contributed by atoms with van der Waals surface area (Å²) in [7, 11) is 1.68. The first-order valence-corrected chi connectivity index (χ1v) is 9.97. The number of ether oxygens (including phenoxy) is 1. The molecule has 2 heterocycles. The molecule has 0 unspecified atom stereocenters. The Morgan fingerprint density at radius 3 is 2.52 bits per heavy atom. The van der Waals surface area contributed by atoms with E-state index in [1.807, 2.05) is 42.5 Å². The molecule has 0 saturated carbocycles. The Labute approximate surface area is 174 Å². The van der Waals surface area contributed by atoms with Gasteiger partial charge < -0.3 is 9.64 Å². The third-order valence-corrected chi connectivity index (χ3v) is 5.51. The maximum Gasteiger partial charge on any atom is 0.292 e. The van der Waals surface area contributed by atoms with Gasteiger partial charge in [0.15, 0.2) is 0 Å². The number of benzene rings is 2. The number of methoxy groups -OCH3 is 1. The van der Waals surface area contributed by atoms with Gasteiger partial charge in [-0.15, -0.1) is 0 Å². The lowest BCUT2D eigenvalue weighted by Gasteiger charge is -2.36. The van der Waals surface area contributed by atoms with Crippen molar-refractivity contribution < 1.29 is 4.74 Å². The lowest BCUT2D eigenvalue weighted by atomic mass is 10.2. The highest BCUT2D eigenvalue weighted by Crippen LogP contribution is 2.24. The number of hydrogen-bond acceptors (Lipinski definition) is 5. The fourth-order valence-electron chi connectivity index (χ4n) is 3.57. The van der Waals surface area contributed by atoms with Gasteiger partial charge in [0.1, 0.15) is 10.8 Å². The summed E-state index contributed by atoms with van der Waals surface area (Å²) in [4.78, 5) is 17.2. The normalized spacial score (nSPS) is 14.8. The van der Waals surface area contributed by atoms with Crippen molar-refractivity contribution in [2.45, 2.75) is 6.54 Å². The van der Waals surface area contributed by atoms with E-state index in [1.54, 1.807) is 13.3 Å². The summed E-state index contributed by atoms with van der Waals surface area (Å²) in [6.45, 7) is 4.22. The lowest BCUT2D eigenvalue weighted by molar-refractivity contribution is 0.249. The number of rotatable bonds is 5. The van der Waals surface area contributed by atoms with E-state index in [0.29, 0.717) is 11.4 Å². The van der Waals surface area contributed by atoms with Gasteiger partial charge in [0.05, 0.1) is 24.7 Å². The Balaban J connectivity index is 1.44. The fourth-order valence-corrected chi connectivity index (χ4v) is 3.82.